The predicted octanol–water partition coefficient (Wildman–Crippen LogP) is 1.69. The molecule has 0 atom stereocenters. The van der Waals surface area contributed by atoms with E-state index in [0.717, 1.165) is 12.0 Å². The van der Waals surface area contributed by atoms with Gasteiger partial charge in [-0.3, -0.25) is 4.79 Å². The van der Waals surface area contributed by atoms with Crippen LogP contribution in [0.5, 0.6) is 5.75 Å². The van der Waals surface area contributed by atoms with Crippen LogP contribution in [0.4, 0.5) is 0 Å². The van der Waals surface area contributed by atoms with Crippen molar-refractivity contribution in [1.29, 1.82) is 0 Å². The van der Waals surface area contributed by atoms with Gasteiger partial charge in [-0.2, -0.15) is 5.10 Å². The predicted molar refractivity (Wildman–Crippen MR) is 55.5 cm³/mol. The van der Waals surface area contributed by atoms with Crippen molar-refractivity contribution in [2.75, 3.05) is 7.11 Å². The fourth-order valence-corrected chi connectivity index (χ4v) is 1.29. The van der Waals surface area contributed by atoms with Gasteiger partial charge in [0.15, 0.2) is 5.75 Å². The summed E-state index contributed by atoms with van der Waals surface area (Å²) in [5, 5.41) is 4.11. The third-order valence-corrected chi connectivity index (χ3v) is 2.07. The average molecular weight is 202 g/mol. The van der Waals surface area contributed by atoms with Crippen LogP contribution in [0.2, 0.25) is 0 Å². The molecule has 0 saturated carbocycles. The van der Waals surface area contributed by atoms with Crippen LogP contribution >= 0.6 is 0 Å². The number of hydrogen-bond acceptors (Lipinski definition) is 3. The minimum Gasteiger partial charge on any atom is -0.493 e. The Morgan fingerprint density at radius 3 is 3.00 bits per heavy atom. The molecule has 0 fully saturated rings. The molecule has 0 amide bonds. The van der Waals surface area contributed by atoms with Crippen molar-refractivity contribution in [3.05, 3.63) is 42.2 Å². The van der Waals surface area contributed by atoms with Crippen molar-refractivity contribution >= 4 is 6.29 Å². The number of nitrogens with zero attached hydrogens (tertiary/aromatic N) is 2. The molecule has 0 spiro atoms. The normalized spacial score (nSPS) is 9.93. The Morgan fingerprint density at radius 1 is 1.47 bits per heavy atom. The molecule has 1 aromatic heterocycles. The third kappa shape index (κ3) is 1.88. The number of carbonyl (C=O) groups excluding carboxylic acids is 1. The molecule has 4 nitrogen and oxygen atoms in total. The SMILES string of the molecule is COc1cnn(-c2cccc(C=O)c2)c1. The molecule has 1 heterocycles. The second kappa shape index (κ2) is 3.96. The largest absolute Gasteiger partial charge is 0.493 e. The lowest BCUT2D eigenvalue weighted by atomic mass is 10.2. The summed E-state index contributed by atoms with van der Waals surface area (Å²) >= 11 is 0. The second-order valence-corrected chi connectivity index (χ2v) is 3.04. The number of methoxy groups -OCH3 is 1. The molecule has 2 rings (SSSR count). The number of rotatable bonds is 3. The summed E-state index contributed by atoms with van der Waals surface area (Å²) in [6.45, 7) is 0. The molecule has 0 saturated heterocycles. The van der Waals surface area contributed by atoms with Crippen molar-refractivity contribution in [2.45, 2.75) is 0 Å². The Balaban J connectivity index is 2.39. The number of hydrogen-bond donors (Lipinski definition) is 0. The van der Waals surface area contributed by atoms with Crippen LogP contribution < -0.4 is 4.74 Å². The molecule has 15 heavy (non-hydrogen) atoms. The first kappa shape index (κ1) is 9.45. The maximum Gasteiger partial charge on any atom is 0.157 e. The summed E-state index contributed by atoms with van der Waals surface area (Å²) in [6.07, 6.45) is 4.18. The average Bonchev–Trinajstić information content (AvgIpc) is 2.78. The van der Waals surface area contributed by atoms with E-state index >= 15 is 0 Å². The van der Waals surface area contributed by atoms with Crippen LogP contribution in [0.1, 0.15) is 10.4 Å². The first-order valence-corrected chi connectivity index (χ1v) is 4.48. The van der Waals surface area contributed by atoms with Crippen molar-refractivity contribution < 1.29 is 9.53 Å². The quantitative estimate of drug-likeness (QED) is 0.711. The number of benzene rings is 1. The number of carbonyl (C=O) groups is 1. The Kier molecular flexibility index (Phi) is 2.49. The van der Waals surface area contributed by atoms with Gasteiger partial charge in [-0.05, 0) is 12.1 Å². The third-order valence-electron chi connectivity index (χ3n) is 2.07. The van der Waals surface area contributed by atoms with Gasteiger partial charge in [0.1, 0.15) is 6.29 Å². The highest BCUT2D eigenvalue weighted by Crippen LogP contribution is 2.13. The standard InChI is InChI=1S/C11H10N2O2/c1-15-11-6-12-13(7-11)10-4-2-3-9(5-10)8-14/h2-8H,1H3. The molecule has 0 aliphatic heterocycles. The summed E-state index contributed by atoms with van der Waals surface area (Å²) < 4.78 is 6.68. The van der Waals surface area contributed by atoms with Crippen LogP contribution in [0.3, 0.4) is 0 Å². The van der Waals surface area contributed by atoms with E-state index in [0.29, 0.717) is 11.3 Å². The molecule has 0 bridgehead atoms. The first-order valence-electron chi connectivity index (χ1n) is 4.48. The van der Waals surface area contributed by atoms with E-state index in [9.17, 15) is 4.79 Å². The van der Waals surface area contributed by atoms with Gasteiger partial charge in [0.05, 0.1) is 25.2 Å². The Morgan fingerprint density at radius 2 is 2.33 bits per heavy atom. The summed E-state index contributed by atoms with van der Waals surface area (Å²) in [5.74, 6) is 0.687. The van der Waals surface area contributed by atoms with Gasteiger partial charge in [0.25, 0.3) is 0 Å². The van der Waals surface area contributed by atoms with E-state index in [1.54, 1.807) is 36.3 Å². The minimum atomic E-state index is 0.627. The first-order chi connectivity index (χ1) is 7.33. The molecule has 0 radical (unpaired) electrons. The van der Waals surface area contributed by atoms with Crippen molar-refractivity contribution in [3.63, 3.8) is 0 Å². The van der Waals surface area contributed by atoms with Gasteiger partial charge in [-0.1, -0.05) is 12.1 Å². The van der Waals surface area contributed by atoms with Gasteiger partial charge in [-0.15, -0.1) is 0 Å². The maximum absolute atomic E-state index is 10.6. The second-order valence-electron chi connectivity index (χ2n) is 3.04. The lowest BCUT2D eigenvalue weighted by Crippen LogP contribution is -1.94. The van der Waals surface area contributed by atoms with Crippen molar-refractivity contribution in [1.82, 2.24) is 9.78 Å². The zero-order chi connectivity index (χ0) is 10.7. The zero-order valence-corrected chi connectivity index (χ0v) is 8.25. The van der Waals surface area contributed by atoms with E-state index in [2.05, 4.69) is 5.10 Å². The monoisotopic (exact) mass is 202 g/mol. The number of aromatic nitrogens is 2. The molecular formula is C11H10N2O2. The summed E-state index contributed by atoms with van der Waals surface area (Å²) in [6, 6.07) is 7.20. The highest BCUT2D eigenvalue weighted by atomic mass is 16.5. The highest BCUT2D eigenvalue weighted by molar-refractivity contribution is 5.75. The van der Waals surface area contributed by atoms with Crippen LogP contribution in [-0.2, 0) is 0 Å². The minimum absolute atomic E-state index is 0.627. The van der Waals surface area contributed by atoms with Gasteiger partial charge in [0, 0.05) is 5.56 Å². The van der Waals surface area contributed by atoms with Gasteiger partial charge in [0.2, 0.25) is 0 Å². The topological polar surface area (TPSA) is 44.1 Å². The fraction of sp³-hybridized carbons (Fsp3) is 0.0909. The van der Waals surface area contributed by atoms with Gasteiger partial charge < -0.3 is 4.74 Å². The van der Waals surface area contributed by atoms with Crippen LogP contribution in [0.25, 0.3) is 5.69 Å². The Labute approximate surface area is 87.1 Å². The number of ether oxygens (including phenoxy) is 1. The van der Waals surface area contributed by atoms with E-state index in [1.807, 2.05) is 12.1 Å². The molecule has 0 aliphatic carbocycles. The molecule has 0 unspecified atom stereocenters. The van der Waals surface area contributed by atoms with E-state index < -0.39 is 0 Å². The van der Waals surface area contributed by atoms with Crippen LogP contribution in [0.15, 0.2) is 36.7 Å². The number of aldehydes is 1. The van der Waals surface area contributed by atoms with Gasteiger partial charge in [-0.25, -0.2) is 4.68 Å². The molecule has 0 aliphatic rings. The zero-order valence-electron chi connectivity index (χ0n) is 8.25. The Bertz CT molecular complexity index is 477. The summed E-state index contributed by atoms with van der Waals surface area (Å²) in [7, 11) is 1.59. The van der Waals surface area contributed by atoms with Crippen molar-refractivity contribution in [2.24, 2.45) is 0 Å². The van der Waals surface area contributed by atoms with E-state index in [-0.39, 0.29) is 0 Å². The molecule has 4 heteroatoms. The highest BCUT2D eigenvalue weighted by Gasteiger charge is 2.00. The van der Waals surface area contributed by atoms with E-state index in [1.165, 1.54) is 0 Å². The lowest BCUT2D eigenvalue weighted by Gasteiger charge is -2.00. The summed E-state index contributed by atoms with van der Waals surface area (Å²) in [4.78, 5) is 10.6. The Hall–Kier alpha value is -2.10. The maximum atomic E-state index is 10.6. The smallest absolute Gasteiger partial charge is 0.157 e. The van der Waals surface area contributed by atoms with Gasteiger partial charge >= 0.3 is 0 Å². The lowest BCUT2D eigenvalue weighted by molar-refractivity contribution is 0.112. The van der Waals surface area contributed by atoms with E-state index in [4.69, 9.17) is 4.74 Å². The summed E-state index contributed by atoms with van der Waals surface area (Å²) in [5.41, 5.74) is 1.46. The molecule has 0 N–H and O–H groups in total. The molecule has 2 aromatic rings. The molecule has 1 aromatic carbocycles. The van der Waals surface area contributed by atoms with Crippen LogP contribution in [0, 0.1) is 0 Å². The molecular weight excluding hydrogens is 192 g/mol. The molecule has 76 valence electrons. The fourth-order valence-electron chi connectivity index (χ4n) is 1.29. The van der Waals surface area contributed by atoms with Crippen LogP contribution in [-0.4, -0.2) is 23.2 Å². The van der Waals surface area contributed by atoms with Crippen molar-refractivity contribution in [3.8, 4) is 11.4 Å².